The molecule has 0 fully saturated rings. The third-order valence-corrected chi connectivity index (χ3v) is 6.71. The number of amides is 2. The van der Waals surface area contributed by atoms with Crippen LogP contribution < -0.4 is 11.1 Å². The lowest BCUT2D eigenvalue weighted by Gasteiger charge is -2.26. The van der Waals surface area contributed by atoms with Crippen molar-refractivity contribution in [3.63, 3.8) is 0 Å². The molecule has 0 aliphatic rings. The Balaban J connectivity index is 1.78. The van der Waals surface area contributed by atoms with Crippen molar-refractivity contribution in [1.29, 1.82) is 0 Å². The summed E-state index contributed by atoms with van der Waals surface area (Å²) in [6.45, 7) is 3.33. The van der Waals surface area contributed by atoms with E-state index in [2.05, 4.69) is 15.4 Å². The Hall–Kier alpha value is -4.68. The number of nitrogens with zero attached hydrogens (tertiary/aromatic N) is 3. The summed E-state index contributed by atoms with van der Waals surface area (Å²) in [5, 5.41) is 6.67. The molecule has 226 valence electrons. The van der Waals surface area contributed by atoms with Crippen LogP contribution in [-0.4, -0.2) is 33.0 Å². The van der Waals surface area contributed by atoms with E-state index >= 15 is 0 Å². The maximum Gasteiger partial charge on any atom is 0.275 e. The summed E-state index contributed by atoms with van der Waals surface area (Å²) in [6, 6.07) is 8.54. The smallest absolute Gasteiger partial charge is 0.275 e. The van der Waals surface area contributed by atoms with Gasteiger partial charge in [-0.1, -0.05) is 26.0 Å². The maximum absolute atomic E-state index is 14.2. The fourth-order valence-corrected chi connectivity index (χ4v) is 4.77. The topological polar surface area (TPSA) is 103 Å². The van der Waals surface area contributed by atoms with Gasteiger partial charge >= 0.3 is 0 Å². The number of pyridine rings is 1. The number of hydrogen-bond donors (Lipinski definition) is 2. The number of carbonyl (C=O) groups excluding carboxylic acids is 2. The van der Waals surface area contributed by atoms with Crippen molar-refractivity contribution >= 4 is 11.8 Å². The summed E-state index contributed by atoms with van der Waals surface area (Å²) in [7, 11) is 0. The van der Waals surface area contributed by atoms with Gasteiger partial charge in [0.1, 0.15) is 29.2 Å². The molecule has 0 aliphatic carbocycles. The molecule has 0 radical (unpaired) electrons. The summed E-state index contributed by atoms with van der Waals surface area (Å²) in [5.41, 5.74) is 5.42. The number of alkyl halides is 3. The van der Waals surface area contributed by atoms with Gasteiger partial charge in [-0.05, 0) is 59.9 Å². The van der Waals surface area contributed by atoms with Gasteiger partial charge in [0.05, 0.1) is 17.3 Å². The van der Waals surface area contributed by atoms with Crippen LogP contribution in [0.2, 0.25) is 0 Å². The van der Waals surface area contributed by atoms with Crippen molar-refractivity contribution in [3.05, 3.63) is 107 Å². The molecule has 2 amide bonds. The van der Waals surface area contributed by atoms with Crippen LogP contribution in [0.15, 0.2) is 67.0 Å². The fourth-order valence-electron chi connectivity index (χ4n) is 4.77. The van der Waals surface area contributed by atoms with Crippen LogP contribution in [0.1, 0.15) is 59.4 Å². The van der Waals surface area contributed by atoms with Crippen LogP contribution >= 0.6 is 0 Å². The highest BCUT2D eigenvalue weighted by molar-refractivity contribution is 5.94. The molecular weight excluding hydrogens is 576 g/mol. The number of halogens is 6. The van der Waals surface area contributed by atoms with E-state index in [9.17, 15) is 35.9 Å². The van der Waals surface area contributed by atoms with Crippen molar-refractivity contribution in [2.45, 2.75) is 44.9 Å². The third kappa shape index (κ3) is 7.22. The Morgan fingerprint density at radius 1 is 0.977 bits per heavy atom. The van der Waals surface area contributed by atoms with Gasteiger partial charge in [-0.25, -0.2) is 26.3 Å². The van der Waals surface area contributed by atoms with Crippen molar-refractivity contribution in [3.8, 4) is 11.1 Å². The maximum atomic E-state index is 14.2. The molecule has 2 aromatic heterocycles. The highest BCUT2D eigenvalue weighted by atomic mass is 19.3. The molecule has 4 rings (SSSR count). The van der Waals surface area contributed by atoms with E-state index in [4.69, 9.17) is 5.73 Å². The van der Waals surface area contributed by atoms with E-state index in [1.165, 1.54) is 24.5 Å². The average molecular weight is 604 g/mol. The standard InChI is InChI=1S/C30H27F6N5O2/c1-15(2)27(41-9-7-23(40-41)25(34)28(35)36)30(43)39-24(12-16-10-18(31)14-19(32)11-16)26-20(4-3-8-38-26)17-5-6-22(33)21(13-17)29(37)42/h3-11,13-15,24-25,27-28H,12H2,1-2H3,(H2,37,42)(H,39,43)/t24-,25?,27+/m0/s1. The van der Waals surface area contributed by atoms with E-state index < -0.39 is 65.6 Å². The number of primary amides is 1. The minimum absolute atomic E-state index is 0.163. The molecule has 0 bridgehead atoms. The number of nitrogens with two attached hydrogens (primary N) is 1. The molecule has 4 aromatic rings. The molecule has 0 aliphatic heterocycles. The summed E-state index contributed by atoms with van der Waals surface area (Å²) in [6.07, 6.45) is -3.50. The Morgan fingerprint density at radius 3 is 2.30 bits per heavy atom. The van der Waals surface area contributed by atoms with Crippen molar-refractivity contribution in [1.82, 2.24) is 20.1 Å². The van der Waals surface area contributed by atoms with Crippen LogP contribution in [0.3, 0.4) is 0 Å². The van der Waals surface area contributed by atoms with Crippen LogP contribution in [0.4, 0.5) is 26.3 Å². The summed E-state index contributed by atoms with van der Waals surface area (Å²) < 4.78 is 83.3. The van der Waals surface area contributed by atoms with E-state index in [1.807, 2.05) is 0 Å². The SMILES string of the molecule is CC(C)[C@H](C(=O)N[C@@H](Cc1cc(F)cc(F)c1)c1ncccc1-c1ccc(F)c(C(N)=O)c1)n1ccc(C(F)C(F)F)n1. The van der Waals surface area contributed by atoms with Gasteiger partial charge in [0.15, 0.2) is 0 Å². The minimum atomic E-state index is -3.31. The van der Waals surface area contributed by atoms with Crippen LogP contribution in [0, 0.1) is 23.4 Å². The zero-order chi connectivity index (χ0) is 31.4. The van der Waals surface area contributed by atoms with E-state index in [1.54, 1.807) is 26.0 Å². The summed E-state index contributed by atoms with van der Waals surface area (Å²) in [4.78, 5) is 29.9. The fraction of sp³-hybridized carbons (Fsp3) is 0.267. The molecule has 13 heteroatoms. The zero-order valence-electron chi connectivity index (χ0n) is 22.9. The first-order valence-electron chi connectivity index (χ1n) is 13.1. The molecule has 0 spiro atoms. The van der Waals surface area contributed by atoms with Gasteiger partial charge in [0.25, 0.3) is 12.3 Å². The lowest BCUT2D eigenvalue weighted by atomic mass is 9.93. The Kier molecular flexibility index (Phi) is 9.52. The Bertz CT molecular complexity index is 1610. The largest absolute Gasteiger partial charge is 0.366 e. The van der Waals surface area contributed by atoms with Crippen LogP contribution in [0.5, 0.6) is 0 Å². The number of carbonyl (C=O) groups is 2. The van der Waals surface area contributed by atoms with Crippen molar-refractivity contribution < 1.29 is 35.9 Å². The molecule has 7 nitrogen and oxygen atoms in total. The second-order valence-electron chi connectivity index (χ2n) is 10.2. The molecule has 2 heterocycles. The lowest BCUT2D eigenvalue weighted by molar-refractivity contribution is -0.126. The molecular formula is C30H27F6N5O2. The van der Waals surface area contributed by atoms with Crippen LogP contribution in [-0.2, 0) is 11.2 Å². The highest BCUT2D eigenvalue weighted by Gasteiger charge is 2.31. The quantitative estimate of drug-likeness (QED) is 0.204. The second kappa shape index (κ2) is 13.1. The molecule has 3 atom stereocenters. The molecule has 0 saturated heterocycles. The van der Waals surface area contributed by atoms with E-state index in [0.717, 1.165) is 28.9 Å². The van der Waals surface area contributed by atoms with Gasteiger partial charge in [0, 0.05) is 24.0 Å². The summed E-state index contributed by atoms with van der Waals surface area (Å²) in [5.74, 6) is -4.70. The molecule has 3 N–H and O–H groups in total. The summed E-state index contributed by atoms with van der Waals surface area (Å²) >= 11 is 0. The normalized spacial score (nSPS) is 13.6. The zero-order valence-corrected chi connectivity index (χ0v) is 22.9. The van der Waals surface area contributed by atoms with E-state index in [-0.39, 0.29) is 23.2 Å². The van der Waals surface area contributed by atoms with Gasteiger partial charge in [0.2, 0.25) is 12.1 Å². The van der Waals surface area contributed by atoms with E-state index in [0.29, 0.717) is 17.2 Å². The predicted octanol–water partition coefficient (Wildman–Crippen LogP) is 6.03. The Labute approximate surface area is 242 Å². The molecule has 1 unspecified atom stereocenters. The van der Waals surface area contributed by atoms with Crippen molar-refractivity contribution in [2.24, 2.45) is 11.7 Å². The Morgan fingerprint density at radius 2 is 1.67 bits per heavy atom. The van der Waals surface area contributed by atoms with Crippen molar-refractivity contribution in [2.75, 3.05) is 0 Å². The molecule has 0 saturated carbocycles. The van der Waals surface area contributed by atoms with Gasteiger partial charge in [-0.2, -0.15) is 5.10 Å². The highest BCUT2D eigenvalue weighted by Crippen LogP contribution is 2.32. The third-order valence-electron chi connectivity index (χ3n) is 6.71. The van der Waals surface area contributed by atoms with Gasteiger partial charge in [-0.3, -0.25) is 19.3 Å². The average Bonchev–Trinajstić information content (AvgIpc) is 3.41. The number of aromatic nitrogens is 3. The molecule has 43 heavy (non-hydrogen) atoms. The predicted molar refractivity (Wildman–Crippen MR) is 145 cm³/mol. The second-order valence-corrected chi connectivity index (χ2v) is 10.2. The number of hydrogen-bond acceptors (Lipinski definition) is 4. The van der Waals surface area contributed by atoms with Gasteiger partial charge in [-0.15, -0.1) is 0 Å². The first-order chi connectivity index (χ1) is 20.3. The van der Waals surface area contributed by atoms with Crippen LogP contribution in [0.25, 0.3) is 11.1 Å². The monoisotopic (exact) mass is 603 g/mol. The number of nitrogens with one attached hydrogen (secondary N) is 1. The minimum Gasteiger partial charge on any atom is -0.366 e. The number of benzene rings is 2. The molecule has 2 aromatic carbocycles. The first kappa shape index (κ1) is 31.3. The first-order valence-corrected chi connectivity index (χ1v) is 13.1. The number of rotatable bonds is 11. The lowest BCUT2D eigenvalue weighted by Crippen LogP contribution is -2.39. The van der Waals surface area contributed by atoms with Gasteiger partial charge < -0.3 is 11.1 Å².